The molecule has 0 aliphatic heterocycles. The van der Waals surface area contributed by atoms with Crippen molar-refractivity contribution in [1.82, 2.24) is 5.32 Å². The fraction of sp³-hybridized carbons (Fsp3) is 0.600. The summed E-state index contributed by atoms with van der Waals surface area (Å²) in [5, 5.41) is 4.12. The molecule has 114 valence electrons. The first kappa shape index (κ1) is 17.5. The van der Waals surface area contributed by atoms with Crippen LogP contribution in [0.25, 0.3) is 0 Å². The predicted octanol–water partition coefficient (Wildman–Crippen LogP) is 2.93. The molecule has 0 saturated heterocycles. The highest BCUT2D eigenvalue weighted by Crippen LogP contribution is 2.16. The average Bonchev–Trinajstić information content (AvgIpc) is 2.34. The number of benzene rings is 1. The SMILES string of the molecule is CC(C)NCC(CCS(C)(=O)=O)Cc1ccc(Cl)cc1. The van der Waals surface area contributed by atoms with Gasteiger partial charge in [-0.3, -0.25) is 0 Å². The van der Waals surface area contributed by atoms with Crippen LogP contribution in [0.2, 0.25) is 5.02 Å². The minimum Gasteiger partial charge on any atom is -0.314 e. The number of sulfone groups is 1. The highest BCUT2D eigenvalue weighted by atomic mass is 35.5. The van der Waals surface area contributed by atoms with Crippen LogP contribution in [0.15, 0.2) is 24.3 Å². The number of hydrogen-bond donors (Lipinski definition) is 1. The molecule has 0 amide bonds. The Bertz CT molecular complexity index is 497. The van der Waals surface area contributed by atoms with E-state index < -0.39 is 9.84 Å². The molecule has 0 bridgehead atoms. The van der Waals surface area contributed by atoms with E-state index in [4.69, 9.17) is 11.6 Å². The maximum Gasteiger partial charge on any atom is 0.147 e. The molecule has 1 unspecified atom stereocenters. The summed E-state index contributed by atoms with van der Waals surface area (Å²) in [6.45, 7) is 5.02. The monoisotopic (exact) mass is 317 g/mol. The van der Waals surface area contributed by atoms with Crippen LogP contribution >= 0.6 is 11.6 Å². The van der Waals surface area contributed by atoms with Gasteiger partial charge in [-0.2, -0.15) is 0 Å². The van der Waals surface area contributed by atoms with Crippen LogP contribution in [0, 0.1) is 5.92 Å². The van der Waals surface area contributed by atoms with E-state index in [0.29, 0.717) is 18.4 Å². The third-order valence-corrected chi connectivity index (χ3v) is 4.38. The van der Waals surface area contributed by atoms with Crippen LogP contribution < -0.4 is 5.32 Å². The van der Waals surface area contributed by atoms with Gasteiger partial charge >= 0.3 is 0 Å². The number of hydrogen-bond acceptors (Lipinski definition) is 3. The van der Waals surface area contributed by atoms with E-state index in [9.17, 15) is 8.42 Å². The van der Waals surface area contributed by atoms with Crippen LogP contribution in [-0.4, -0.2) is 33.0 Å². The first-order valence-corrected chi connectivity index (χ1v) is 9.35. The van der Waals surface area contributed by atoms with E-state index in [2.05, 4.69) is 19.2 Å². The van der Waals surface area contributed by atoms with E-state index in [0.717, 1.165) is 18.0 Å². The van der Waals surface area contributed by atoms with Gasteiger partial charge in [-0.15, -0.1) is 0 Å². The minimum absolute atomic E-state index is 0.241. The second kappa shape index (κ2) is 8.01. The summed E-state index contributed by atoms with van der Waals surface area (Å²) < 4.78 is 22.7. The van der Waals surface area contributed by atoms with Gasteiger partial charge in [0.2, 0.25) is 0 Å². The lowest BCUT2D eigenvalue weighted by Gasteiger charge is -2.19. The number of nitrogens with one attached hydrogen (secondary N) is 1. The van der Waals surface area contributed by atoms with Crippen LogP contribution in [0.3, 0.4) is 0 Å². The molecule has 1 atom stereocenters. The van der Waals surface area contributed by atoms with Gasteiger partial charge in [0.25, 0.3) is 0 Å². The summed E-state index contributed by atoms with van der Waals surface area (Å²) in [6.07, 6.45) is 2.84. The molecule has 0 aromatic heterocycles. The van der Waals surface area contributed by atoms with Crippen molar-refractivity contribution in [3.63, 3.8) is 0 Å². The van der Waals surface area contributed by atoms with Crippen LogP contribution in [0.5, 0.6) is 0 Å². The molecule has 0 saturated carbocycles. The molecule has 1 aromatic rings. The Morgan fingerprint density at radius 2 is 1.80 bits per heavy atom. The fourth-order valence-corrected chi connectivity index (χ4v) is 2.90. The summed E-state index contributed by atoms with van der Waals surface area (Å²) in [6, 6.07) is 8.16. The number of rotatable bonds is 8. The summed E-state index contributed by atoms with van der Waals surface area (Å²) in [5.74, 6) is 0.554. The Kier molecular flexibility index (Phi) is 7.00. The van der Waals surface area contributed by atoms with Gasteiger partial charge in [0.05, 0.1) is 5.75 Å². The van der Waals surface area contributed by atoms with Crippen molar-refractivity contribution in [3.05, 3.63) is 34.9 Å². The lowest BCUT2D eigenvalue weighted by molar-refractivity contribution is 0.435. The largest absolute Gasteiger partial charge is 0.314 e. The summed E-state index contributed by atoms with van der Waals surface area (Å²) in [7, 11) is -2.91. The minimum atomic E-state index is -2.91. The van der Waals surface area contributed by atoms with Crippen LogP contribution in [0.1, 0.15) is 25.8 Å². The van der Waals surface area contributed by atoms with Crippen molar-refractivity contribution in [2.24, 2.45) is 5.92 Å². The van der Waals surface area contributed by atoms with Crippen molar-refractivity contribution in [2.75, 3.05) is 18.6 Å². The molecule has 1 N–H and O–H groups in total. The quantitative estimate of drug-likeness (QED) is 0.802. The molecule has 0 aliphatic rings. The maximum absolute atomic E-state index is 11.3. The Morgan fingerprint density at radius 1 is 1.20 bits per heavy atom. The van der Waals surface area contributed by atoms with Crippen LogP contribution in [0.4, 0.5) is 0 Å². The summed E-state index contributed by atoms with van der Waals surface area (Å²) >= 11 is 5.88. The van der Waals surface area contributed by atoms with Crippen molar-refractivity contribution in [3.8, 4) is 0 Å². The van der Waals surface area contributed by atoms with E-state index in [-0.39, 0.29) is 5.75 Å². The molecule has 20 heavy (non-hydrogen) atoms. The second-order valence-electron chi connectivity index (χ2n) is 5.68. The Morgan fingerprint density at radius 3 is 2.30 bits per heavy atom. The van der Waals surface area contributed by atoms with E-state index in [1.807, 2.05) is 24.3 Å². The van der Waals surface area contributed by atoms with Gasteiger partial charge < -0.3 is 5.32 Å². The van der Waals surface area contributed by atoms with Gasteiger partial charge in [-0.05, 0) is 43.0 Å². The zero-order valence-electron chi connectivity index (χ0n) is 12.4. The first-order valence-electron chi connectivity index (χ1n) is 6.92. The average molecular weight is 318 g/mol. The smallest absolute Gasteiger partial charge is 0.147 e. The summed E-state index contributed by atoms with van der Waals surface area (Å²) in [4.78, 5) is 0. The van der Waals surface area contributed by atoms with E-state index in [1.165, 1.54) is 11.8 Å². The Balaban J connectivity index is 2.63. The van der Waals surface area contributed by atoms with Gasteiger partial charge in [-0.25, -0.2) is 8.42 Å². The molecular formula is C15H24ClNO2S. The van der Waals surface area contributed by atoms with Crippen molar-refractivity contribution >= 4 is 21.4 Å². The molecule has 0 radical (unpaired) electrons. The Hall–Kier alpha value is -0.580. The molecule has 3 nitrogen and oxygen atoms in total. The van der Waals surface area contributed by atoms with Gasteiger partial charge in [0, 0.05) is 17.3 Å². The lowest BCUT2D eigenvalue weighted by atomic mass is 9.96. The molecule has 1 rings (SSSR count). The number of halogens is 1. The van der Waals surface area contributed by atoms with Gasteiger partial charge in [0.1, 0.15) is 9.84 Å². The topological polar surface area (TPSA) is 46.2 Å². The van der Waals surface area contributed by atoms with E-state index in [1.54, 1.807) is 0 Å². The van der Waals surface area contributed by atoms with Crippen molar-refractivity contribution in [1.29, 1.82) is 0 Å². The van der Waals surface area contributed by atoms with E-state index >= 15 is 0 Å². The Labute approximate surface area is 127 Å². The normalized spacial score (nSPS) is 13.7. The third-order valence-electron chi connectivity index (χ3n) is 3.15. The lowest BCUT2D eigenvalue weighted by Crippen LogP contribution is -2.31. The molecule has 1 aromatic carbocycles. The zero-order chi connectivity index (χ0) is 15.2. The molecule has 0 spiro atoms. The summed E-state index contributed by atoms with van der Waals surface area (Å²) in [5.41, 5.74) is 1.19. The molecule has 5 heteroatoms. The van der Waals surface area contributed by atoms with Crippen molar-refractivity contribution in [2.45, 2.75) is 32.7 Å². The van der Waals surface area contributed by atoms with Gasteiger partial charge in [0.15, 0.2) is 0 Å². The molecule has 0 aliphatic carbocycles. The highest BCUT2D eigenvalue weighted by molar-refractivity contribution is 7.90. The molecule has 0 heterocycles. The van der Waals surface area contributed by atoms with Crippen molar-refractivity contribution < 1.29 is 8.42 Å². The highest BCUT2D eigenvalue weighted by Gasteiger charge is 2.13. The first-order chi connectivity index (χ1) is 9.26. The second-order valence-corrected chi connectivity index (χ2v) is 8.37. The third kappa shape index (κ3) is 7.88. The standard InChI is InChI=1S/C15H24ClNO2S/c1-12(2)17-11-14(8-9-20(3,18)19)10-13-4-6-15(16)7-5-13/h4-7,12,14,17H,8-11H2,1-3H3. The molecule has 0 fully saturated rings. The fourth-order valence-electron chi connectivity index (χ4n) is 2.01. The zero-order valence-corrected chi connectivity index (χ0v) is 14.0. The predicted molar refractivity (Wildman–Crippen MR) is 86.1 cm³/mol. The molecular weight excluding hydrogens is 294 g/mol. The van der Waals surface area contributed by atoms with Gasteiger partial charge in [-0.1, -0.05) is 37.6 Å². The van der Waals surface area contributed by atoms with Crippen LogP contribution in [-0.2, 0) is 16.3 Å². The maximum atomic E-state index is 11.3.